The van der Waals surface area contributed by atoms with Gasteiger partial charge in [-0.15, -0.1) is 0 Å². The van der Waals surface area contributed by atoms with E-state index in [1.165, 1.54) is 0 Å². The van der Waals surface area contributed by atoms with Gasteiger partial charge in [-0.1, -0.05) is 87.5 Å². The second-order valence-electron chi connectivity index (χ2n) is 10.0. The summed E-state index contributed by atoms with van der Waals surface area (Å²) in [6, 6.07) is 24.6. The van der Waals surface area contributed by atoms with E-state index in [4.69, 9.17) is 18.6 Å². The second kappa shape index (κ2) is 10.1. The number of hydrogen-bond acceptors (Lipinski definition) is 5. The number of likely N-dealkylation sites (N-methyl/N-ethyl adjacent to an activating group) is 1. The molecule has 7 heteroatoms. The van der Waals surface area contributed by atoms with Crippen molar-refractivity contribution >= 4 is 24.6 Å². The molecule has 1 amide bonds. The lowest BCUT2D eigenvalue weighted by atomic mass is 9.94. The standard InChI is InChI=1S/C29H35NO5Si/c1-29(2,3)36(20-14-10-8-11-15-20,21-16-12-9-13-17-21)35-25-22-18-19-23(32-5)26(33-6)24(22)27(31)30(4)28(25)34-7/h8-19,25,28H,1-7H3/t25-,28-/m0/s1. The van der Waals surface area contributed by atoms with E-state index < -0.39 is 20.6 Å². The van der Waals surface area contributed by atoms with E-state index in [-0.39, 0.29) is 10.9 Å². The van der Waals surface area contributed by atoms with Crippen molar-refractivity contribution in [1.29, 1.82) is 0 Å². The molecule has 0 N–H and O–H groups in total. The Kier molecular flexibility index (Phi) is 7.27. The predicted molar refractivity (Wildman–Crippen MR) is 144 cm³/mol. The summed E-state index contributed by atoms with van der Waals surface area (Å²) in [5, 5.41) is 2.06. The zero-order valence-electron chi connectivity index (χ0n) is 22.1. The summed E-state index contributed by atoms with van der Waals surface area (Å²) in [6.07, 6.45) is -1.18. The van der Waals surface area contributed by atoms with Crippen LogP contribution in [-0.2, 0) is 9.16 Å². The molecule has 190 valence electrons. The summed E-state index contributed by atoms with van der Waals surface area (Å²) in [6.45, 7) is 6.69. The monoisotopic (exact) mass is 505 g/mol. The van der Waals surface area contributed by atoms with E-state index in [9.17, 15) is 4.79 Å². The first kappa shape index (κ1) is 25.9. The highest BCUT2D eigenvalue weighted by molar-refractivity contribution is 6.99. The first-order chi connectivity index (χ1) is 17.2. The lowest BCUT2D eigenvalue weighted by Gasteiger charge is -2.48. The molecule has 3 aromatic carbocycles. The quantitative estimate of drug-likeness (QED) is 0.446. The van der Waals surface area contributed by atoms with Crippen molar-refractivity contribution in [3.8, 4) is 11.5 Å². The summed E-state index contributed by atoms with van der Waals surface area (Å²) in [7, 11) is 3.51. The Labute approximate surface area is 214 Å². The van der Waals surface area contributed by atoms with Gasteiger partial charge in [-0.2, -0.15) is 0 Å². The van der Waals surface area contributed by atoms with Crippen LogP contribution < -0.4 is 19.8 Å². The van der Waals surface area contributed by atoms with Crippen molar-refractivity contribution in [3.05, 3.63) is 83.9 Å². The minimum Gasteiger partial charge on any atom is -0.493 e. The normalized spacial score (nSPS) is 18.1. The van der Waals surface area contributed by atoms with Gasteiger partial charge in [0.05, 0.1) is 19.8 Å². The van der Waals surface area contributed by atoms with Crippen LogP contribution in [0, 0.1) is 0 Å². The Morgan fingerprint density at radius 2 is 1.36 bits per heavy atom. The van der Waals surface area contributed by atoms with Crippen LogP contribution in [0.4, 0.5) is 0 Å². The maximum atomic E-state index is 13.5. The van der Waals surface area contributed by atoms with Gasteiger partial charge in [0.15, 0.2) is 17.7 Å². The molecule has 0 radical (unpaired) electrons. The second-order valence-corrected chi connectivity index (χ2v) is 14.3. The average Bonchev–Trinajstić information content (AvgIpc) is 2.89. The summed E-state index contributed by atoms with van der Waals surface area (Å²) in [5.74, 6) is 0.699. The van der Waals surface area contributed by atoms with E-state index in [2.05, 4.69) is 69.3 Å². The fraction of sp³-hybridized carbons (Fsp3) is 0.345. The molecule has 3 aromatic rings. The van der Waals surface area contributed by atoms with Gasteiger partial charge >= 0.3 is 0 Å². The lowest BCUT2D eigenvalue weighted by molar-refractivity contribution is -0.0843. The topological polar surface area (TPSA) is 57.2 Å². The molecule has 0 bridgehead atoms. The predicted octanol–water partition coefficient (Wildman–Crippen LogP) is 4.38. The number of hydrogen-bond donors (Lipinski definition) is 0. The number of carbonyl (C=O) groups excluding carboxylic acids is 1. The highest BCUT2D eigenvalue weighted by atomic mass is 28.4. The van der Waals surface area contributed by atoms with E-state index in [1.807, 2.05) is 24.3 Å². The van der Waals surface area contributed by atoms with Crippen molar-refractivity contribution < 1.29 is 23.4 Å². The number of rotatable bonds is 7. The third-order valence-electron chi connectivity index (χ3n) is 7.02. The van der Waals surface area contributed by atoms with Crippen LogP contribution in [0.25, 0.3) is 0 Å². The van der Waals surface area contributed by atoms with Crippen LogP contribution in [0.3, 0.4) is 0 Å². The molecule has 2 atom stereocenters. The number of benzene rings is 3. The zero-order chi connectivity index (χ0) is 26.1. The highest BCUT2D eigenvalue weighted by Gasteiger charge is 2.54. The molecular formula is C29H35NO5Si. The molecule has 0 spiro atoms. The first-order valence-corrected chi connectivity index (χ1v) is 14.0. The van der Waals surface area contributed by atoms with Crippen molar-refractivity contribution in [2.24, 2.45) is 0 Å². The van der Waals surface area contributed by atoms with Crippen LogP contribution in [0.15, 0.2) is 72.8 Å². The summed E-state index contributed by atoms with van der Waals surface area (Å²) in [5.41, 5.74) is 1.17. The fourth-order valence-electron chi connectivity index (χ4n) is 5.33. The molecule has 0 fully saturated rings. The molecule has 36 heavy (non-hydrogen) atoms. The number of fused-ring (bicyclic) bond motifs is 1. The summed E-state index contributed by atoms with van der Waals surface area (Å²) >= 11 is 0. The van der Waals surface area contributed by atoms with Gasteiger partial charge in [-0.05, 0) is 21.5 Å². The van der Waals surface area contributed by atoms with Gasteiger partial charge in [0.25, 0.3) is 14.2 Å². The summed E-state index contributed by atoms with van der Waals surface area (Å²) in [4.78, 5) is 15.1. The van der Waals surface area contributed by atoms with Gasteiger partial charge in [-0.3, -0.25) is 4.79 Å². The summed E-state index contributed by atoms with van der Waals surface area (Å²) < 4.78 is 24.6. The smallest absolute Gasteiger partial charge is 0.262 e. The third-order valence-corrected chi connectivity index (χ3v) is 12.0. The molecule has 1 aliphatic heterocycles. The molecule has 0 unspecified atom stereocenters. The van der Waals surface area contributed by atoms with Crippen molar-refractivity contribution in [3.63, 3.8) is 0 Å². The van der Waals surface area contributed by atoms with E-state index >= 15 is 0 Å². The van der Waals surface area contributed by atoms with Gasteiger partial charge in [-0.25, -0.2) is 0 Å². The number of amides is 1. The number of methoxy groups -OCH3 is 3. The van der Waals surface area contributed by atoms with Gasteiger partial charge < -0.3 is 23.5 Å². The molecule has 0 aliphatic carbocycles. The largest absolute Gasteiger partial charge is 0.493 e. The van der Waals surface area contributed by atoms with Gasteiger partial charge in [0.1, 0.15) is 6.10 Å². The third kappa shape index (κ3) is 4.11. The average molecular weight is 506 g/mol. The molecule has 0 saturated heterocycles. The number of ether oxygens (including phenoxy) is 3. The SMILES string of the molecule is COc1ccc2c(c1OC)C(=O)N(C)[C@@H](OC)[C@H]2O[Si](c1ccccc1)(c1ccccc1)C(C)(C)C. The Morgan fingerprint density at radius 3 is 1.81 bits per heavy atom. The van der Waals surface area contributed by atoms with Crippen LogP contribution in [0.1, 0.15) is 42.8 Å². The van der Waals surface area contributed by atoms with Crippen molar-refractivity contribution in [2.75, 3.05) is 28.4 Å². The van der Waals surface area contributed by atoms with E-state index in [1.54, 1.807) is 33.3 Å². The minimum atomic E-state index is -2.95. The molecule has 1 aliphatic rings. The van der Waals surface area contributed by atoms with Crippen LogP contribution in [-0.4, -0.2) is 53.7 Å². The number of nitrogens with zero attached hydrogens (tertiary/aromatic N) is 1. The van der Waals surface area contributed by atoms with Crippen molar-refractivity contribution in [2.45, 2.75) is 38.1 Å². The first-order valence-electron chi connectivity index (χ1n) is 12.0. The highest BCUT2D eigenvalue weighted by Crippen LogP contribution is 2.46. The van der Waals surface area contributed by atoms with Crippen molar-refractivity contribution in [1.82, 2.24) is 4.90 Å². The lowest BCUT2D eigenvalue weighted by Crippen LogP contribution is -2.68. The van der Waals surface area contributed by atoms with Gasteiger partial charge in [0, 0.05) is 19.7 Å². The molecule has 6 nitrogen and oxygen atoms in total. The minimum absolute atomic E-state index is 0.199. The Bertz CT molecular complexity index is 1170. The molecule has 0 saturated carbocycles. The van der Waals surface area contributed by atoms with E-state index in [0.717, 1.165) is 15.9 Å². The Balaban J connectivity index is 2.02. The molecule has 0 aromatic heterocycles. The van der Waals surface area contributed by atoms with Crippen LogP contribution in [0.5, 0.6) is 11.5 Å². The van der Waals surface area contributed by atoms with Crippen LogP contribution >= 0.6 is 0 Å². The Morgan fingerprint density at radius 1 is 0.806 bits per heavy atom. The fourth-order valence-corrected chi connectivity index (χ4v) is 9.97. The zero-order valence-corrected chi connectivity index (χ0v) is 23.1. The maximum absolute atomic E-state index is 13.5. The van der Waals surface area contributed by atoms with E-state index in [0.29, 0.717) is 17.1 Å². The van der Waals surface area contributed by atoms with Crippen LogP contribution in [0.2, 0.25) is 5.04 Å². The Hall–Kier alpha value is -3.13. The molecule has 4 rings (SSSR count). The molecular weight excluding hydrogens is 470 g/mol. The number of carbonyl (C=O) groups is 1. The van der Waals surface area contributed by atoms with Gasteiger partial charge in [0.2, 0.25) is 0 Å². The maximum Gasteiger partial charge on any atom is 0.262 e. The molecule has 1 heterocycles.